The molecule has 5 heteroatoms. The Kier molecular flexibility index (Phi) is 4.66. The molecule has 1 aliphatic rings. The first-order valence-corrected chi connectivity index (χ1v) is 8.80. The van der Waals surface area contributed by atoms with E-state index in [4.69, 9.17) is 4.74 Å². The van der Waals surface area contributed by atoms with Gasteiger partial charge in [0.2, 0.25) is 0 Å². The van der Waals surface area contributed by atoms with Crippen molar-refractivity contribution in [2.24, 2.45) is 4.99 Å². The van der Waals surface area contributed by atoms with Crippen molar-refractivity contribution in [1.82, 2.24) is 9.88 Å². The fourth-order valence-electron chi connectivity index (χ4n) is 3.19. The maximum Gasteiger partial charge on any atom is 0.160 e. The first-order chi connectivity index (χ1) is 13.2. The molecule has 0 spiro atoms. The number of methoxy groups -OCH3 is 1. The Morgan fingerprint density at radius 3 is 2.81 bits per heavy atom. The van der Waals surface area contributed by atoms with Crippen LogP contribution in [0.2, 0.25) is 0 Å². The van der Waals surface area contributed by atoms with Gasteiger partial charge in [-0.2, -0.15) is 0 Å². The molecule has 0 fully saturated rings. The Hall–Kier alpha value is -3.47. The van der Waals surface area contributed by atoms with Gasteiger partial charge in [-0.15, -0.1) is 0 Å². The number of hydrogen-bond donors (Lipinski definition) is 2. The number of fused-ring (bicyclic) bond motifs is 1. The maximum absolute atomic E-state index is 9.90. The SMILES string of the molecule is COc1ccc(CNC=C2CN=Cc3ccc(-n4cccc4)cc32)cc1O. The van der Waals surface area contributed by atoms with Crippen LogP contribution in [0.3, 0.4) is 0 Å². The molecule has 0 saturated carbocycles. The number of nitrogens with zero attached hydrogens (tertiary/aromatic N) is 2. The van der Waals surface area contributed by atoms with E-state index >= 15 is 0 Å². The second kappa shape index (κ2) is 7.41. The van der Waals surface area contributed by atoms with Gasteiger partial charge in [-0.1, -0.05) is 12.1 Å². The van der Waals surface area contributed by atoms with Crippen LogP contribution in [0, 0.1) is 0 Å². The molecule has 2 N–H and O–H groups in total. The third-order valence-electron chi connectivity index (χ3n) is 4.60. The van der Waals surface area contributed by atoms with Gasteiger partial charge in [0.15, 0.2) is 11.5 Å². The zero-order chi connectivity index (χ0) is 18.6. The third-order valence-corrected chi connectivity index (χ3v) is 4.60. The predicted octanol–water partition coefficient (Wildman–Crippen LogP) is 3.75. The summed E-state index contributed by atoms with van der Waals surface area (Å²) in [5.41, 5.74) is 5.54. The summed E-state index contributed by atoms with van der Waals surface area (Å²) >= 11 is 0. The molecule has 0 amide bonds. The minimum absolute atomic E-state index is 0.147. The summed E-state index contributed by atoms with van der Waals surface area (Å²) in [6.45, 7) is 1.25. The number of nitrogens with one attached hydrogen (secondary N) is 1. The maximum atomic E-state index is 9.90. The Bertz CT molecular complexity index is 1000. The Morgan fingerprint density at radius 2 is 2.04 bits per heavy atom. The molecular weight excluding hydrogens is 338 g/mol. The van der Waals surface area contributed by atoms with E-state index in [1.54, 1.807) is 19.2 Å². The summed E-state index contributed by atoms with van der Waals surface area (Å²) in [5, 5.41) is 13.2. The average molecular weight is 359 g/mol. The van der Waals surface area contributed by atoms with Crippen LogP contribution in [0.4, 0.5) is 0 Å². The van der Waals surface area contributed by atoms with Crippen LogP contribution in [-0.4, -0.2) is 29.5 Å². The minimum Gasteiger partial charge on any atom is -0.504 e. The monoisotopic (exact) mass is 359 g/mol. The second-order valence-corrected chi connectivity index (χ2v) is 6.39. The lowest BCUT2D eigenvalue weighted by atomic mass is 9.98. The number of ether oxygens (including phenoxy) is 1. The first kappa shape index (κ1) is 17.0. The highest BCUT2D eigenvalue weighted by Gasteiger charge is 2.12. The number of rotatable bonds is 5. The van der Waals surface area contributed by atoms with E-state index in [0.29, 0.717) is 18.8 Å². The quantitative estimate of drug-likeness (QED) is 0.729. The molecule has 0 atom stereocenters. The van der Waals surface area contributed by atoms with Gasteiger partial charge in [-0.25, -0.2) is 0 Å². The number of aromatic nitrogens is 1. The Balaban J connectivity index is 1.54. The molecule has 2 heterocycles. The summed E-state index contributed by atoms with van der Waals surface area (Å²) in [5.74, 6) is 0.624. The summed E-state index contributed by atoms with van der Waals surface area (Å²) in [6.07, 6.45) is 8.01. The van der Waals surface area contributed by atoms with Gasteiger partial charge in [0.05, 0.1) is 13.7 Å². The fraction of sp³-hybridized carbons (Fsp3) is 0.136. The van der Waals surface area contributed by atoms with E-state index in [2.05, 4.69) is 33.1 Å². The van der Waals surface area contributed by atoms with Crippen molar-refractivity contribution < 1.29 is 9.84 Å². The van der Waals surface area contributed by atoms with Crippen molar-refractivity contribution in [3.8, 4) is 17.2 Å². The highest BCUT2D eigenvalue weighted by molar-refractivity contribution is 5.92. The highest BCUT2D eigenvalue weighted by atomic mass is 16.5. The zero-order valence-corrected chi connectivity index (χ0v) is 15.1. The summed E-state index contributed by atoms with van der Waals surface area (Å²) < 4.78 is 7.17. The normalized spacial score (nSPS) is 14.2. The molecule has 1 aromatic heterocycles. The zero-order valence-electron chi connectivity index (χ0n) is 15.1. The average Bonchev–Trinajstić information content (AvgIpc) is 3.23. The lowest BCUT2D eigenvalue weighted by Gasteiger charge is -2.16. The van der Waals surface area contributed by atoms with Crippen molar-refractivity contribution in [1.29, 1.82) is 0 Å². The van der Waals surface area contributed by atoms with Crippen LogP contribution >= 0.6 is 0 Å². The predicted molar refractivity (Wildman–Crippen MR) is 108 cm³/mol. The van der Waals surface area contributed by atoms with Gasteiger partial charge in [0, 0.05) is 42.6 Å². The minimum atomic E-state index is 0.147. The van der Waals surface area contributed by atoms with Crippen molar-refractivity contribution in [2.45, 2.75) is 6.54 Å². The Labute approximate surface area is 158 Å². The van der Waals surface area contributed by atoms with E-state index < -0.39 is 0 Å². The first-order valence-electron chi connectivity index (χ1n) is 8.80. The molecule has 136 valence electrons. The largest absolute Gasteiger partial charge is 0.504 e. The number of aromatic hydroxyl groups is 1. The van der Waals surface area contributed by atoms with Crippen molar-refractivity contribution in [3.63, 3.8) is 0 Å². The van der Waals surface area contributed by atoms with Crippen LogP contribution < -0.4 is 10.1 Å². The van der Waals surface area contributed by atoms with Gasteiger partial charge >= 0.3 is 0 Å². The number of hydrogen-bond acceptors (Lipinski definition) is 4. The fourth-order valence-corrected chi connectivity index (χ4v) is 3.19. The standard InChI is InChI=1S/C22H21N3O2/c1-27-22-7-4-16(10-21(22)26)12-23-14-18-15-24-13-17-5-6-19(11-20(17)18)25-8-2-3-9-25/h2-11,13-14,23,26H,12,15H2,1H3. The summed E-state index contributed by atoms with van der Waals surface area (Å²) in [4.78, 5) is 4.46. The van der Waals surface area contributed by atoms with Gasteiger partial charge in [0.25, 0.3) is 0 Å². The summed E-state index contributed by atoms with van der Waals surface area (Å²) in [6, 6.07) is 15.8. The number of benzene rings is 2. The molecule has 4 rings (SSSR count). The smallest absolute Gasteiger partial charge is 0.160 e. The van der Waals surface area contributed by atoms with Crippen LogP contribution in [0.5, 0.6) is 11.5 Å². The van der Waals surface area contributed by atoms with Gasteiger partial charge in [-0.05, 0) is 53.1 Å². The molecule has 2 aromatic carbocycles. The van der Waals surface area contributed by atoms with Gasteiger partial charge in [0.1, 0.15) is 0 Å². The Morgan fingerprint density at radius 1 is 1.19 bits per heavy atom. The van der Waals surface area contributed by atoms with Crippen LogP contribution in [-0.2, 0) is 6.54 Å². The van der Waals surface area contributed by atoms with Crippen LogP contribution in [0.15, 0.2) is 72.1 Å². The molecule has 3 aromatic rings. The van der Waals surface area contributed by atoms with Crippen molar-refractivity contribution in [2.75, 3.05) is 13.7 Å². The van der Waals surface area contributed by atoms with Crippen LogP contribution in [0.1, 0.15) is 16.7 Å². The third kappa shape index (κ3) is 3.58. The van der Waals surface area contributed by atoms with E-state index in [9.17, 15) is 5.11 Å². The molecule has 0 saturated heterocycles. The number of phenols is 1. The molecule has 1 aliphatic heterocycles. The number of aliphatic imine (C=N–C) groups is 1. The lowest BCUT2D eigenvalue weighted by molar-refractivity contribution is 0.373. The van der Waals surface area contributed by atoms with Crippen molar-refractivity contribution in [3.05, 3.63) is 83.8 Å². The van der Waals surface area contributed by atoms with Crippen LogP contribution in [0.25, 0.3) is 11.3 Å². The van der Waals surface area contributed by atoms with E-state index in [-0.39, 0.29) is 5.75 Å². The molecule has 5 nitrogen and oxygen atoms in total. The van der Waals surface area contributed by atoms with E-state index in [0.717, 1.165) is 22.4 Å². The highest BCUT2D eigenvalue weighted by Crippen LogP contribution is 2.27. The van der Waals surface area contributed by atoms with Crippen molar-refractivity contribution >= 4 is 11.8 Å². The van der Waals surface area contributed by atoms with Gasteiger partial charge < -0.3 is 19.7 Å². The van der Waals surface area contributed by atoms with Gasteiger partial charge in [-0.3, -0.25) is 4.99 Å². The topological polar surface area (TPSA) is 58.8 Å². The molecule has 27 heavy (non-hydrogen) atoms. The van der Waals surface area contributed by atoms with E-state index in [1.165, 1.54) is 5.56 Å². The summed E-state index contributed by atoms with van der Waals surface area (Å²) in [7, 11) is 1.54. The molecule has 0 aliphatic carbocycles. The lowest BCUT2D eigenvalue weighted by Crippen LogP contribution is -2.10. The second-order valence-electron chi connectivity index (χ2n) is 6.39. The molecular formula is C22H21N3O2. The van der Waals surface area contributed by atoms with E-state index in [1.807, 2.05) is 43.0 Å². The molecule has 0 bridgehead atoms. The number of phenolic OH excluding ortho intramolecular Hbond substituents is 1. The molecule has 0 radical (unpaired) electrons. The molecule has 0 unspecified atom stereocenters.